The highest BCUT2D eigenvalue weighted by atomic mass is 32.2. The van der Waals surface area contributed by atoms with Gasteiger partial charge in [0.1, 0.15) is 0 Å². The molecule has 0 aromatic heterocycles. The third-order valence-corrected chi connectivity index (χ3v) is 4.62. The van der Waals surface area contributed by atoms with E-state index in [4.69, 9.17) is 0 Å². The third kappa shape index (κ3) is 2.06. The van der Waals surface area contributed by atoms with Crippen LogP contribution in [0.2, 0.25) is 0 Å². The summed E-state index contributed by atoms with van der Waals surface area (Å²) in [5, 5.41) is 0. The summed E-state index contributed by atoms with van der Waals surface area (Å²) in [6.45, 7) is 1.91. The number of methoxy groups -OCH3 is 1. The number of fused-ring (bicyclic) bond motifs is 1. The van der Waals surface area contributed by atoms with Gasteiger partial charge in [0.15, 0.2) is 9.84 Å². The highest BCUT2D eigenvalue weighted by Gasteiger charge is 2.24. The van der Waals surface area contributed by atoms with Crippen molar-refractivity contribution in [3.05, 3.63) is 34.9 Å². The molecule has 96 valence electrons. The number of ether oxygens (including phenoxy) is 1. The van der Waals surface area contributed by atoms with Gasteiger partial charge in [0, 0.05) is 0 Å². The number of sulfone groups is 1. The van der Waals surface area contributed by atoms with E-state index in [0.717, 1.165) is 5.56 Å². The number of hydrogen-bond acceptors (Lipinski definition) is 4. The third-order valence-electron chi connectivity index (χ3n) is 2.97. The Morgan fingerprint density at radius 2 is 2.11 bits per heavy atom. The van der Waals surface area contributed by atoms with Crippen molar-refractivity contribution < 1.29 is 17.9 Å². The van der Waals surface area contributed by atoms with Crippen molar-refractivity contribution in [2.75, 3.05) is 12.9 Å². The number of benzene rings is 1. The lowest BCUT2D eigenvalue weighted by Gasteiger charge is -2.15. The summed E-state index contributed by atoms with van der Waals surface area (Å²) in [5.41, 5.74) is 1.77. The zero-order valence-electron chi connectivity index (χ0n) is 10.3. The number of aryl methyl sites for hydroxylation is 1. The van der Waals surface area contributed by atoms with Crippen molar-refractivity contribution in [3.63, 3.8) is 0 Å². The topological polar surface area (TPSA) is 60.4 Å². The molecule has 1 aromatic rings. The zero-order valence-corrected chi connectivity index (χ0v) is 11.1. The van der Waals surface area contributed by atoms with Crippen LogP contribution < -0.4 is 0 Å². The van der Waals surface area contributed by atoms with Gasteiger partial charge in [-0.1, -0.05) is 19.1 Å². The van der Waals surface area contributed by atoms with Crippen LogP contribution in [-0.2, 0) is 21.0 Å². The minimum atomic E-state index is -3.33. The molecule has 1 aliphatic heterocycles. The molecular weight excluding hydrogens is 252 g/mol. The van der Waals surface area contributed by atoms with Crippen LogP contribution in [0.5, 0.6) is 0 Å². The van der Waals surface area contributed by atoms with Gasteiger partial charge in [-0.3, -0.25) is 0 Å². The summed E-state index contributed by atoms with van der Waals surface area (Å²) in [6, 6.07) is 3.17. The van der Waals surface area contributed by atoms with Crippen LogP contribution in [0, 0.1) is 0 Å². The van der Waals surface area contributed by atoms with E-state index in [1.165, 1.54) is 13.2 Å². The van der Waals surface area contributed by atoms with Crippen LogP contribution in [0.4, 0.5) is 0 Å². The fraction of sp³-hybridized carbons (Fsp3) is 0.308. The van der Waals surface area contributed by atoms with Gasteiger partial charge in [0.2, 0.25) is 0 Å². The summed E-state index contributed by atoms with van der Waals surface area (Å²) < 4.78 is 28.6. The lowest BCUT2D eigenvalue weighted by atomic mass is 10.0. The van der Waals surface area contributed by atoms with Crippen LogP contribution in [0.3, 0.4) is 0 Å². The molecule has 1 aliphatic rings. The van der Waals surface area contributed by atoms with E-state index < -0.39 is 15.8 Å². The second-order valence-electron chi connectivity index (χ2n) is 4.08. The molecule has 0 spiro atoms. The molecule has 1 heterocycles. The number of hydrogen-bond donors (Lipinski definition) is 0. The highest BCUT2D eigenvalue weighted by molar-refractivity contribution is 7.91. The van der Waals surface area contributed by atoms with Gasteiger partial charge in [0.25, 0.3) is 0 Å². The minimum Gasteiger partial charge on any atom is -0.465 e. The molecule has 1 aromatic carbocycles. The molecule has 18 heavy (non-hydrogen) atoms. The number of rotatable bonds is 2. The van der Waals surface area contributed by atoms with Gasteiger partial charge in [-0.15, -0.1) is 0 Å². The first-order valence-corrected chi connectivity index (χ1v) is 7.29. The van der Waals surface area contributed by atoms with Gasteiger partial charge in [-0.05, 0) is 29.7 Å². The Labute approximate surface area is 106 Å². The van der Waals surface area contributed by atoms with Gasteiger partial charge in [-0.2, -0.15) is 0 Å². The van der Waals surface area contributed by atoms with E-state index in [-0.39, 0.29) is 10.6 Å². The molecule has 4 nitrogen and oxygen atoms in total. The maximum Gasteiger partial charge on any atom is 0.338 e. The molecule has 0 atom stereocenters. The van der Waals surface area contributed by atoms with Crippen LogP contribution in [0.25, 0.3) is 6.08 Å². The lowest BCUT2D eigenvalue weighted by Crippen LogP contribution is -2.14. The average molecular weight is 266 g/mol. The van der Waals surface area contributed by atoms with Crippen molar-refractivity contribution in [2.45, 2.75) is 18.2 Å². The fourth-order valence-electron chi connectivity index (χ4n) is 2.03. The van der Waals surface area contributed by atoms with E-state index >= 15 is 0 Å². The Hall–Kier alpha value is -1.62. The molecule has 0 unspecified atom stereocenters. The smallest absolute Gasteiger partial charge is 0.338 e. The van der Waals surface area contributed by atoms with Crippen LogP contribution >= 0.6 is 0 Å². The van der Waals surface area contributed by atoms with Crippen molar-refractivity contribution in [2.24, 2.45) is 0 Å². The van der Waals surface area contributed by atoms with E-state index in [1.54, 1.807) is 18.2 Å². The Balaban J connectivity index is 2.71. The Morgan fingerprint density at radius 3 is 2.72 bits per heavy atom. The second-order valence-corrected chi connectivity index (χ2v) is 6.08. The predicted molar refractivity (Wildman–Crippen MR) is 68.2 cm³/mol. The number of carbonyl (C=O) groups is 1. The molecule has 0 radical (unpaired) electrons. The maximum atomic E-state index is 11.9. The summed E-state index contributed by atoms with van der Waals surface area (Å²) in [4.78, 5) is 11.9. The first-order chi connectivity index (χ1) is 8.49. The molecule has 0 fully saturated rings. The van der Waals surface area contributed by atoms with Gasteiger partial charge >= 0.3 is 5.97 Å². The van der Waals surface area contributed by atoms with Crippen molar-refractivity contribution in [1.82, 2.24) is 0 Å². The Kier molecular flexibility index (Phi) is 3.26. The van der Waals surface area contributed by atoms with Gasteiger partial charge < -0.3 is 4.74 Å². The Morgan fingerprint density at radius 1 is 1.39 bits per heavy atom. The Bertz CT molecular complexity index is 627. The maximum absolute atomic E-state index is 11.9. The molecule has 5 heteroatoms. The fourth-order valence-corrected chi connectivity index (χ4v) is 3.34. The first kappa shape index (κ1) is 12.8. The molecule has 0 N–H and O–H groups in total. The summed E-state index contributed by atoms with van der Waals surface area (Å²) in [7, 11) is -2.04. The standard InChI is InChI=1S/C13H14O4S/c1-3-9-7-10-5-4-6-18(15,16)12(10)8-11(9)13(14)17-2/h4-5,7-8H,3,6H2,1-2H3. The van der Waals surface area contributed by atoms with Gasteiger partial charge in [0.05, 0.1) is 23.3 Å². The van der Waals surface area contributed by atoms with Crippen molar-refractivity contribution in [1.29, 1.82) is 0 Å². The SMILES string of the molecule is CCc1cc2c(cc1C(=O)OC)S(=O)(=O)CC=C2. The normalized spacial score (nSPS) is 16.1. The molecule has 0 aliphatic carbocycles. The summed E-state index contributed by atoms with van der Waals surface area (Å²) >= 11 is 0. The highest BCUT2D eigenvalue weighted by Crippen LogP contribution is 2.27. The van der Waals surface area contributed by atoms with Crippen LogP contribution in [0.15, 0.2) is 23.1 Å². The zero-order chi connectivity index (χ0) is 13.3. The van der Waals surface area contributed by atoms with E-state index in [1.807, 2.05) is 6.92 Å². The lowest BCUT2D eigenvalue weighted by molar-refractivity contribution is 0.0599. The van der Waals surface area contributed by atoms with Gasteiger partial charge in [-0.25, -0.2) is 13.2 Å². The minimum absolute atomic E-state index is 0.0217. The van der Waals surface area contributed by atoms with Crippen LogP contribution in [0.1, 0.15) is 28.4 Å². The number of esters is 1. The van der Waals surface area contributed by atoms with E-state index in [9.17, 15) is 13.2 Å². The first-order valence-electron chi connectivity index (χ1n) is 5.64. The van der Waals surface area contributed by atoms with Crippen molar-refractivity contribution in [3.8, 4) is 0 Å². The molecular formula is C13H14O4S. The predicted octanol–water partition coefficient (Wildman–Crippen LogP) is 1.84. The van der Waals surface area contributed by atoms with E-state index in [2.05, 4.69) is 4.74 Å². The largest absolute Gasteiger partial charge is 0.465 e. The molecule has 2 rings (SSSR count). The second kappa shape index (κ2) is 4.57. The monoisotopic (exact) mass is 266 g/mol. The molecule has 0 saturated heterocycles. The average Bonchev–Trinajstić information content (AvgIpc) is 2.36. The van der Waals surface area contributed by atoms with E-state index in [0.29, 0.717) is 17.5 Å². The van der Waals surface area contributed by atoms with Crippen LogP contribution in [-0.4, -0.2) is 27.2 Å². The molecule has 0 amide bonds. The quantitative estimate of drug-likeness (QED) is 0.766. The molecule has 0 saturated carbocycles. The molecule has 0 bridgehead atoms. The van der Waals surface area contributed by atoms with Crippen molar-refractivity contribution >= 4 is 21.9 Å². The summed E-state index contributed by atoms with van der Waals surface area (Å²) in [5.74, 6) is -0.522. The summed E-state index contributed by atoms with van der Waals surface area (Å²) in [6.07, 6.45) is 4.04. The number of carbonyl (C=O) groups excluding carboxylic acids is 1.